The Bertz CT molecular complexity index is 1020. The third-order valence-corrected chi connectivity index (χ3v) is 5.93. The summed E-state index contributed by atoms with van der Waals surface area (Å²) in [5.74, 6) is 0.265. The van der Waals surface area contributed by atoms with Crippen LogP contribution < -0.4 is 10.1 Å². The number of aromatic nitrogens is 2. The Kier molecular flexibility index (Phi) is 6.04. The zero-order valence-corrected chi connectivity index (χ0v) is 17.4. The molecule has 3 aromatic rings. The number of carbonyl (C=O) groups excluding carboxylic acids is 2. The fraction of sp³-hybridized carbons (Fsp3) is 0.273. The van der Waals surface area contributed by atoms with Gasteiger partial charge in [-0.25, -0.2) is 0 Å². The summed E-state index contributed by atoms with van der Waals surface area (Å²) in [7, 11) is 0. The van der Waals surface area contributed by atoms with Crippen molar-refractivity contribution < 1.29 is 14.3 Å². The maximum Gasteiger partial charge on any atom is 0.286 e. The highest BCUT2D eigenvalue weighted by molar-refractivity contribution is 7.13. The van der Waals surface area contributed by atoms with Crippen LogP contribution in [0.1, 0.15) is 39.3 Å². The number of nitrogens with one attached hydrogen (secondary N) is 1. The molecule has 1 unspecified atom stereocenters. The maximum atomic E-state index is 12.7. The smallest absolute Gasteiger partial charge is 0.286 e. The first-order valence-corrected chi connectivity index (χ1v) is 10.6. The molecule has 154 valence electrons. The average molecular weight is 423 g/mol. The van der Waals surface area contributed by atoms with Crippen molar-refractivity contribution in [3.05, 3.63) is 70.2 Å². The molecule has 2 heterocycles. The van der Waals surface area contributed by atoms with Crippen LogP contribution in [0.5, 0.6) is 5.75 Å². The topological polar surface area (TPSA) is 84.4 Å². The van der Waals surface area contributed by atoms with Gasteiger partial charge >= 0.3 is 0 Å². The highest BCUT2D eigenvalue weighted by Gasteiger charge is 2.33. The molecular formula is C22H22N4O3S. The Morgan fingerprint density at radius 2 is 1.90 bits per heavy atom. The second kappa shape index (κ2) is 9.04. The average Bonchev–Trinajstić information content (AvgIpc) is 3.44. The third-order valence-electron chi connectivity index (χ3n) is 4.91. The van der Waals surface area contributed by atoms with Crippen molar-refractivity contribution in [2.75, 3.05) is 18.5 Å². The van der Waals surface area contributed by atoms with Gasteiger partial charge in [0, 0.05) is 12.2 Å². The largest absolute Gasteiger partial charge is 0.484 e. The molecule has 2 aromatic carbocycles. The molecule has 0 radical (unpaired) electrons. The molecule has 1 aromatic heterocycles. The molecule has 8 heteroatoms. The highest BCUT2D eigenvalue weighted by Crippen LogP contribution is 2.33. The van der Waals surface area contributed by atoms with E-state index in [4.69, 9.17) is 4.74 Å². The Morgan fingerprint density at radius 1 is 1.13 bits per heavy atom. The van der Waals surface area contributed by atoms with Gasteiger partial charge < -0.3 is 15.0 Å². The Balaban J connectivity index is 1.39. The number of hydrogen-bond donors (Lipinski definition) is 1. The van der Waals surface area contributed by atoms with Crippen LogP contribution >= 0.6 is 11.3 Å². The van der Waals surface area contributed by atoms with E-state index in [1.165, 1.54) is 11.3 Å². The monoisotopic (exact) mass is 422 g/mol. The van der Waals surface area contributed by atoms with Gasteiger partial charge in [-0.1, -0.05) is 47.2 Å². The standard InChI is InChI=1S/C22H22N4O3S/c1-15-9-11-16(12-10-15)23-20(28)22-25-24-21(30-22)18-8-5-13-26(18)19(27)14-29-17-6-3-2-4-7-17/h2-4,6-7,9-12,18H,5,8,13-14H2,1H3,(H,23,28). The van der Waals surface area contributed by atoms with Gasteiger partial charge in [0.2, 0.25) is 5.01 Å². The van der Waals surface area contributed by atoms with Gasteiger partial charge in [-0.15, -0.1) is 10.2 Å². The van der Waals surface area contributed by atoms with Crippen LogP contribution in [0.15, 0.2) is 54.6 Å². The Hall–Kier alpha value is -3.26. The molecule has 7 nitrogen and oxygen atoms in total. The molecule has 1 aliphatic heterocycles. The molecule has 1 aliphatic rings. The van der Waals surface area contributed by atoms with E-state index in [0.29, 0.717) is 23.0 Å². The lowest BCUT2D eigenvalue weighted by atomic mass is 10.2. The van der Waals surface area contributed by atoms with E-state index < -0.39 is 0 Å². The second-order valence-electron chi connectivity index (χ2n) is 7.11. The summed E-state index contributed by atoms with van der Waals surface area (Å²) in [6, 6.07) is 16.6. The molecule has 0 bridgehead atoms. The number of ether oxygens (including phenoxy) is 1. The SMILES string of the molecule is Cc1ccc(NC(=O)c2nnc(C3CCCN3C(=O)COc3ccccc3)s2)cc1. The number of nitrogens with zero attached hydrogens (tertiary/aromatic N) is 3. The first-order valence-electron chi connectivity index (χ1n) is 9.79. The first-order chi connectivity index (χ1) is 14.6. The fourth-order valence-electron chi connectivity index (χ4n) is 3.35. The molecule has 1 saturated heterocycles. The van der Waals surface area contributed by atoms with Crippen LogP contribution in [0.4, 0.5) is 5.69 Å². The normalized spacial score (nSPS) is 15.8. The summed E-state index contributed by atoms with van der Waals surface area (Å²) in [4.78, 5) is 27.0. The zero-order chi connectivity index (χ0) is 20.9. The summed E-state index contributed by atoms with van der Waals surface area (Å²) in [5, 5.41) is 12.0. The van der Waals surface area contributed by atoms with Crippen molar-refractivity contribution in [2.45, 2.75) is 25.8 Å². The molecule has 4 rings (SSSR count). The van der Waals surface area contributed by atoms with Crippen LogP contribution in [0.2, 0.25) is 0 Å². The molecule has 0 saturated carbocycles. The van der Waals surface area contributed by atoms with E-state index in [1.807, 2.05) is 61.5 Å². The first kappa shape index (κ1) is 20.0. The quantitative estimate of drug-likeness (QED) is 0.652. The van der Waals surface area contributed by atoms with Gasteiger partial charge in [0.05, 0.1) is 6.04 Å². The minimum Gasteiger partial charge on any atom is -0.484 e. The van der Waals surface area contributed by atoms with Crippen LogP contribution in [0, 0.1) is 6.92 Å². The van der Waals surface area contributed by atoms with E-state index >= 15 is 0 Å². The molecule has 0 aliphatic carbocycles. The van der Waals surface area contributed by atoms with Gasteiger partial charge in [-0.2, -0.15) is 0 Å². The summed E-state index contributed by atoms with van der Waals surface area (Å²) in [6.07, 6.45) is 1.68. The summed E-state index contributed by atoms with van der Waals surface area (Å²) < 4.78 is 5.59. The molecular weight excluding hydrogens is 400 g/mol. The number of benzene rings is 2. The van der Waals surface area contributed by atoms with Crippen LogP contribution in [-0.4, -0.2) is 40.1 Å². The molecule has 1 atom stereocenters. The molecule has 1 N–H and O–H groups in total. The molecule has 2 amide bonds. The van der Waals surface area contributed by atoms with Gasteiger partial charge in [0.15, 0.2) is 6.61 Å². The Labute approximate surface area is 178 Å². The number of rotatable bonds is 6. The lowest BCUT2D eigenvalue weighted by Crippen LogP contribution is -2.34. The van der Waals surface area contributed by atoms with Crippen molar-refractivity contribution in [3.63, 3.8) is 0 Å². The van der Waals surface area contributed by atoms with Crippen LogP contribution in [0.25, 0.3) is 0 Å². The van der Waals surface area contributed by atoms with E-state index in [0.717, 1.165) is 18.4 Å². The minimum atomic E-state index is -0.300. The van der Waals surface area contributed by atoms with Crippen molar-refractivity contribution in [1.82, 2.24) is 15.1 Å². The van der Waals surface area contributed by atoms with Gasteiger partial charge in [0.1, 0.15) is 10.8 Å². The van der Waals surface area contributed by atoms with Crippen molar-refractivity contribution in [3.8, 4) is 5.75 Å². The van der Waals surface area contributed by atoms with E-state index in [2.05, 4.69) is 15.5 Å². The van der Waals surface area contributed by atoms with Crippen molar-refractivity contribution in [1.29, 1.82) is 0 Å². The lowest BCUT2D eigenvalue weighted by molar-refractivity contribution is -0.134. The van der Waals surface area contributed by atoms with E-state index in [-0.39, 0.29) is 29.5 Å². The molecule has 0 spiro atoms. The highest BCUT2D eigenvalue weighted by atomic mass is 32.1. The zero-order valence-electron chi connectivity index (χ0n) is 16.6. The molecule has 1 fully saturated rings. The summed E-state index contributed by atoms with van der Waals surface area (Å²) in [6.45, 7) is 2.61. The third kappa shape index (κ3) is 4.65. The number of para-hydroxylation sites is 1. The summed E-state index contributed by atoms with van der Waals surface area (Å²) in [5.41, 5.74) is 1.83. The maximum absolute atomic E-state index is 12.7. The van der Waals surface area contributed by atoms with Crippen LogP contribution in [0.3, 0.4) is 0 Å². The van der Waals surface area contributed by atoms with Crippen molar-refractivity contribution in [2.24, 2.45) is 0 Å². The summed E-state index contributed by atoms with van der Waals surface area (Å²) >= 11 is 1.23. The predicted molar refractivity (Wildman–Crippen MR) is 115 cm³/mol. The number of carbonyl (C=O) groups is 2. The minimum absolute atomic E-state index is 0.0277. The number of amides is 2. The van der Waals surface area contributed by atoms with E-state index in [1.54, 1.807) is 4.90 Å². The van der Waals surface area contributed by atoms with Gasteiger partial charge in [-0.3, -0.25) is 9.59 Å². The second-order valence-corrected chi connectivity index (χ2v) is 8.12. The number of aryl methyl sites for hydroxylation is 1. The number of likely N-dealkylation sites (tertiary alicyclic amines) is 1. The van der Waals surface area contributed by atoms with E-state index in [9.17, 15) is 9.59 Å². The van der Waals surface area contributed by atoms with Gasteiger partial charge in [0.25, 0.3) is 11.8 Å². The number of anilines is 1. The predicted octanol–water partition coefficient (Wildman–Crippen LogP) is 3.84. The van der Waals surface area contributed by atoms with Gasteiger partial charge in [-0.05, 0) is 44.0 Å². The lowest BCUT2D eigenvalue weighted by Gasteiger charge is -2.22. The fourth-order valence-corrected chi connectivity index (χ4v) is 4.24. The van der Waals surface area contributed by atoms with Crippen molar-refractivity contribution >= 4 is 28.8 Å². The Morgan fingerprint density at radius 3 is 2.67 bits per heavy atom. The van der Waals surface area contributed by atoms with Crippen LogP contribution in [-0.2, 0) is 4.79 Å². The molecule has 30 heavy (non-hydrogen) atoms. The number of hydrogen-bond acceptors (Lipinski definition) is 6.